The zero-order valence-corrected chi connectivity index (χ0v) is 11.4. The summed E-state index contributed by atoms with van der Waals surface area (Å²) in [7, 11) is 0. The number of pyridine rings is 1. The second kappa shape index (κ2) is 6.48. The van der Waals surface area contributed by atoms with Gasteiger partial charge in [0.1, 0.15) is 6.07 Å². The minimum absolute atomic E-state index is 0.0508. The van der Waals surface area contributed by atoms with Crippen molar-refractivity contribution in [2.45, 2.75) is 26.5 Å². The SMILES string of the molecule is CC(C)Oc1ncccc1CNc1nnccc1C#N. The third-order valence-corrected chi connectivity index (χ3v) is 2.48. The summed E-state index contributed by atoms with van der Waals surface area (Å²) in [6, 6.07) is 7.44. The van der Waals surface area contributed by atoms with E-state index in [4.69, 9.17) is 10.00 Å². The van der Waals surface area contributed by atoms with Crippen LogP contribution >= 0.6 is 0 Å². The number of ether oxygens (including phenoxy) is 1. The first-order valence-electron chi connectivity index (χ1n) is 6.27. The first kappa shape index (κ1) is 13.7. The monoisotopic (exact) mass is 269 g/mol. The van der Waals surface area contributed by atoms with Crippen molar-refractivity contribution in [2.24, 2.45) is 0 Å². The first-order valence-corrected chi connectivity index (χ1v) is 6.27. The molecule has 0 saturated carbocycles. The molecule has 0 aliphatic carbocycles. The number of rotatable bonds is 5. The number of aromatic nitrogens is 3. The van der Waals surface area contributed by atoms with Crippen molar-refractivity contribution in [1.29, 1.82) is 5.26 Å². The Morgan fingerprint density at radius 2 is 2.20 bits per heavy atom. The molecule has 2 heterocycles. The van der Waals surface area contributed by atoms with E-state index in [1.807, 2.05) is 26.0 Å². The van der Waals surface area contributed by atoms with Crippen molar-refractivity contribution in [1.82, 2.24) is 15.2 Å². The normalized spacial score (nSPS) is 10.1. The summed E-state index contributed by atoms with van der Waals surface area (Å²) >= 11 is 0. The van der Waals surface area contributed by atoms with E-state index in [9.17, 15) is 0 Å². The Morgan fingerprint density at radius 1 is 1.35 bits per heavy atom. The van der Waals surface area contributed by atoms with Crippen LogP contribution in [0.1, 0.15) is 25.0 Å². The molecule has 0 aliphatic heterocycles. The Labute approximate surface area is 117 Å². The molecule has 0 aliphatic rings. The van der Waals surface area contributed by atoms with E-state index >= 15 is 0 Å². The van der Waals surface area contributed by atoms with Crippen LogP contribution in [0.2, 0.25) is 0 Å². The second-order valence-electron chi connectivity index (χ2n) is 4.39. The Bertz CT molecular complexity index is 621. The van der Waals surface area contributed by atoms with E-state index < -0.39 is 0 Å². The van der Waals surface area contributed by atoms with Gasteiger partial charge in [0.15, 0.2) is 5.82 Å². The average molecular weight is 269 g/mol. The Balaban J connectivity index is 2.13. The van der Waals surface area contributed by atoms with E-state index in [1.165, 1.54) is 6.20 Å². The molecule has 2 rings (SSSR count). The van der Waals surface area contributed by atoms with E-state index in [1.54, 1.807) is 12.3 Å². The summed E-state index contributed by atoms with van der Waals surface area (Å²) in [6.45, 7) is 4.36. The summed E-state index contributed by atoms with van der Waals surface area (Å²) in [6.07, 6.45) is 3.22. The number of anilines is 1. The molecule has 1 N–H and O–H groups in total. The van der Waals surface area contributed by atoms with Crippen LogP contribution in [0.4, 0.5) is 5.82 Å². The molecular formula is C14H15N5O. The molecule has 2 aromatic heterocycles. The van der Waals surface area contributed by atoms with E-state index in [0.717, 1.165) is 5.56 Å². The lowest BCUT2D eigenvalue weighted by Crippen LogP contribution is -2.11. The molecular weight excluding hydrogens is 254 g/mol. The summed E-state index contributed by atoms with van der Waals surface area (Å²) in [4.78, 5) is 4.21. The van der Waals surface area contributed by atoms with Crippen molar-refractivity contribution >= 4 is 5.82 Å². The van der Waals surface area contributed by atoms with Crippen molar-refractivity contribution in [3.63, 3.8) is 0 Å². The van der Waals surface area contributed by atoms with Crippen molar-refractivity contribution in [3.05, 3.63) is 41.7 Å². The van der Waals surface area contributed by atoms with E-state index in [2.05, 4.69) is 26.6 Å². The third kappa shape index (κ3) is 3.42. The van der Waals surface area contributed by atoms with Gasteiger partial charge in [-0.1, -0.05) is 6.07 Å². The van der Waals surface area contributed by atoms with Gasteiger partial charge in [-0.3, -0.25) is 0 Å². The quantitative estimate of drug-likeness (QED) is 0.895. The minimum atomic E-state index is 0.0508. The van der Waals surface area contributed by atoms with Gasteiger partial charge in [-0.05, 0) is 26.0 Å². The predicted molar refractivity (Wildman–Crippen MR) is 74.1 cm³/mol. The molecule has 0 unspecified atom stereocenters. The number of hydrogen-bond acceptors (Lipinski definition) is 6. The topological polar surface area (TPSA) is 83.7 Å². The van der Waals surface area contributed by atoms with Crippen LogP contribution in [0.25, 0.3) is 0 Å². The fourth-order valence-electron chi connectivity index (χ4n) is 1.62. The van der Waals surface area contributed by atoms with E-state index in [0.29, 0.717) is 23.8 Å². The van der Waals surface area contributed by atoms with Crippen LogP contribution in [0.5, 0.6) is 5.88 Å². The molecule has 0 radical (unpaired) electrons. The van der Waals surface area contributed by atoms with Gasteiger partial charge in [-0.15, -0.1) is 5.10 Å². The van der Waals surface area contributed by atoms with Gasteiger partial charge in [0.25, 0.3) is 0 Å². The van der Waals surface area contributed by atoms with Gasteiger partial charge in [0.05, 0.1) is 17.9 Å². The molecule has 20 heavy (non-hydrogen) atoms. The maximum Gasteiger partial charge on any atom is 0.218 e. The number of nitriles is 1. The Kier molecular flexibility index (Phi) is 4.45. The van der Waals surface area contributed by atoms with Crippen molar-refractivity contribution in [3.8, 4) is 11.9 Å². The minimum Gasteiger partial charge on any atom is -0.475 e. The molecule has 0 saturated heterocycles. The van der Waals surface area contributed by atoms with E-state index in [-0.39, 0.29) is 6.10 Å². The lowest BCUT2D eigenvalue weighted by molar-refractivity contribution is 0.230. The fourth-order valence-corrected chi connectivity index (χ4v) is 1.62. The zero-order valence-electron chi connectivity index (χ0n) is 11.4. The summed E-state index contributed by atoms with van der Waals surface area (Å²) in [5.74, 6) is 1.03. The molecule has 6 heteroatoms. The van der Waals surface area contributed by atoms with Crippen LogP contribution in [-0.2, 0) is 6.54 Å². The molecule has 6 nitrogen and oxygen atoms in total. The second-order valence-corrected chi connectivity index (χ2v) is 4.39. The lowest BCUT2D eigenvalue weighted by atomic mass is 10.2. The highest BCUT2D eigenvalue weighted by Gasteiger charge is 2.08. The predicted octanol–water partition coefficient (Wildman–Crippen LogP) is 2.14. The van der Waals surface area contributed by atoms with Gasteiger partial charge in [-0.2, -0.15) is 10.4 Å². The molecule has 0 atom stereocenters. The van der Waals surface area contributed by atoms with Crippen LogP contribution < -0.4 is 10.1 Å². The van der Waals surface area contributed by atoms with Crippen LogP contribution in [0, 0.1) is 11.3 Å². The number of nitrogens with zero attached hydrogens (tertiary/aromatic N) is 4. The highest BCUT2D eigenvalue weighted by molar-refractivity contribution is 5.50. The summed E-state index contributed by atoms with van der Waals surface area (Å²) in [5, 5.41) is 19.7. The zero-order chi connectivity index (χ0) is 14.4. The van der Waals surface area contributed by atoms with Gasteiger partial charge in [0.2, 0.25) is 5.88 Å². The summed E-state index contributed by atoms with van der Waals surface area (Å²) in [5.41, 5.74) is 1.35. The van der Waals surface area contributed by atoms with Crippen LogP contribution in [0.15, 0.2) is 30.6 Å². The number of nitrogens with one attached hydrogen (secondary N) is 1. The summed E-state index contributed by atoms with van der Waals surface area (Å²) < 4.78 is 5.64. The fraction of sp³-hybridized carbons (Fsp3) is 0.286. The molecule has 0 spiro atoms. The smallest absolute Gasteiger partial charge is 0.218 e. The molecule has 0 aromatic carbocycles. The maximum atomic E-state index is 8.99. The molecule has 2 aromatic rings. The van der Waals surface area contributed by atoms with Crippen LogP contribution in [0.3, 0.4) is 0 Å². The molecule has 0 amide bonds. The number of hydrogen-bond donors (Lipinski definition) is 1. The van der Waals surface area contributed by atoms with Crippen molar-refractivity contribution in [2.75, 3.05) is 5.32 Å². The highest BCUT2D eigenvalue weighted by atomic mass is 16.5. The largest absolute Gasteiger partial charge is 0.475 e. The highest BCUT2D eigenvalue weighted by Crippen LogP contribution is 2.18. The van der Waals surface area contributed by atoms with Crippen molar-refractivity contribution < 1.29 is 4.74 Å². The standard InChI is InChI=1S/C14H15N5O/c1-10(2)20-14-12(4-3-6-16-14)9-17-13-11(8-15)5-7-18-19-13/h3-7,10H,9H2,1-2H3,(H,17,19). The first-order chi connectivity index (χ1) is 9.70. The van der Waals surface area contributed by atoms with Gasteiger partial charge < -0.3 is 10.1 Å². The van der Waals surface area contributed by atoms with Gasteiger partial charge >= 0.3 is 0 Å². The molecule has 0 bridgehead atoms. The van der Waals surface area contributed by atoms with Crippen LogP contribution in [-0.4, -0.2) is 21.3 Å². The lowest BCUT2D eigenvalue weighted by Gasteiger charge is -2.13. The average Bonchev–Trinajstić information content (AvgIpc) is 2.46. The van der Waals surface area contributed by atoms with Gasteiger partial charge in [-0.25, -0.2) is 4.98 Å². The Morgan fingerprint density at radius 3 is 2.95 bits per heavy atom. The molecule has 0 fully saturated rings. The molecule has 102 valence electrons. The Hall–Kier alpha value is -2.68. The maximum absolute atomic E-state index is 8.99. The van der Waals surface area contributed by atoms with Gasteiger partial charge in [0, 0.05) is 18.3 Å². The third-order valence-electron chi connectivity index (χ3n) is 2.48.